The molecule has 0 atom stereocenters. The number of aromatic nitrogens is 1. The second-order valence-corrected chi connectivity index (χ2v) is 6.03. The van der Waals surface area contributed by atoms with Gasteiger partial charge in [0.25, 0.3) is 0 Å². The summed E-state index contributed by atoms with van der Waals surface area (Å²) in [4.78, 5) is 4.91. The Bertz CT molecular complexity index is 844. The molecule has 1 heteroatoms. The molecule has 2 aromatic carbocycles. The van der Waals surface area contributed by atoms with Crippen LogP contribution in [-0.2, 0) is 0 Å². The number of benzene rings is 2. The Labute approximate surface area is 126 Å². The summed E-state index contributed by atoms with van der Waals surface area (Å²) in [7, 11) is 0. The fourth-order valence-corrected chi connectivity index (χ4v) is 2.87. The summed E-state index contributed by atoms with van der Waals surface area (Å²) in [6.07, 6.45) is 0. The molecular weight excluding hydrogens is 254 g/mol. The van der Waals surface area contributed by atoms with E-state index in [0.717, 1.165) is 11.2 Å². The maximum atomic E-state index is 4.91. The van der Waals surface area contributed by atoms with E-state index in [9.17, 15) is 0 Å². The largest absolute Gasteiger partial charge is 0.248 e. The van der Waals surface area contributed by atoms with Crippen LogP contribution in [0.1, 0.15) is 27.8 Å². The van der Waals surface area contributed by atoms with Gasteiger partial charge in [-0.05, 0) is 75.1 Å². The van der Waals surface area contributed by atoms with E-state index in [2.05, 4.69) is 71.0 Å². The summed E-state index contributed by atoms with van der Waals surface area (Å²) < 4.78 is 0. The molecule has 0 aliphatic carbocycles. The van der Waals surface area contributed by atoms with E-state index in [1.54, 1.807) is 0 Å². The Hall–Kier alpha value is -2.15. The second kappa shape index (κ2) is 5.00. The van der Waals surface area contributed by atoms with Crippen LogP contribution in [0.2, 0.25) is 0 Å². The van der Waals surface area contributed by atoms with Crippen molar-refractivity contribution in [3.63, 3.8) is 0 Å². The molecule has 0 saturated heterocycles. The third-order valence-electron chi connectivity index (χ3n) is 4.50. The van der Waals surface area contributed by atoms with Crippen LogP contribution >= 0.6 is 0 Å². The fraction of sp³-hybridized carbons (Fsp3) is 0.250. The molecule has 0 amide bonds. The van der Waals surface area contributed by atoms with Gasteiger partial charge in [-0.3, -0.25) is 0 Å². The SMILES string of the molecule is Cc1ccc(C)c(-c2ccc3c(C)c(C)c(C)cc3n2)c1. The van der Waals surface area contributed by atoms with Gasteiger partial charge < -0.3 is 0 Å². The van der Waals surface area contributed by atoms with Crippen LogP contribution in [0.3, 0.4) is 0 Å². The quantitative estimate of drug-likeness (QED) is 0.576. The Morgan fingerprint density at radius 2 is 1.48 bits per heavy atom. The van der Waals surface area contributed by atoms with Crippen molar-refractivity contribution in [2.75, 3.05) is 0 Å². The highest BCUT2D eigenvalue weighted by Gasteiger charge is 2.08. The topological polar surface area (TPSA) is 12.9 Å². The minimum absolute atomic E-state index is 1.06. The zero-order valence-corrected chi connectivity index (χ0v) is 13.4. The molecule has 1 heterocycles. The molecule has 0 N–H and O–H groups in total. The normalized spacial score (nSPS) is 11.1. The number of hydrogen-bond donors (Lipinski definition) is 0. The van der Waals surface area contributed by atoms with Gasteiger partial charge in [0.15, 0.2) is 0 Å². The molecule has 106 valence electrons. The number of rotatable bonds is 1. The van der Waals surface area contributed by atoms with Crippen molar-refractivity contribution >= 4 is 10.9 Å². The zero-order chi connectivity index (χ0) is 15.1. The average molecular weight is 275 g/mol. The molecular formula is C20H21N. The lowest BCUT2D eigenvalue weighted by Gasteiger charge is -2.12. The van der Waals surface area contributed by atoms with E-state index in [0.29, 0.717) is 0 Å². The van der Waals surface area contributed by atoms with Gasteiger partial charge in [0, 0.05) is 10.9 Å². The highest BCUT2D eigenvalue weighted by atomic mass is 14.7. The molecule has 0 aliphatic rings. The highest BCUT2D eigenvalue weighted by Crippen LogP contribution is 2.28. The van der Waals surface area contributed by atoms with Gasteiger partial charge in [0.05, 0.1) is 11.2 Å². The van der Waals surface area contributed by atoms with Crippen molar-refractivity contribution in [2.45, 2.75) is 34.6 Å². The zero-order valence-electron chi connectivity index (χ0n) is 13.4. The number of aryl methyl sites for hydroxylation is 4. The van der Waals surface area contributed by atoms with Crippen molar-refractivity contribution < 1.29 is 0 Å². The highest BCUT2D eigenvalue weighted by molar-refractivity contribution is 5.86. The summed E-state index contributed by atoms with van der Waals surface area (Å²) in [6, 6.07) is 13.1. The van der Waals surface area contributed by atoms with Gasteiger partial charge in [0.1, 0.15) is 0 Å². The van der Waals surface area contributed by atoms with Crippen LogP contribution in [0.4, 0.5) is 0 Å². The smallest absolute Gasteiger partial charge is 0.0715 e. The van der Waals surface area contributed by atoms with Crippen molar-refractivity contribution in [1.29, 1.82) is 0 Å². The minimum atomic E-state index is 1.06. The molecule has 1 nitrogen and oxygen atoms in total. The Morgan fingerprint density at radius 3 is 2.24 bits per heavy atom. The first-order chi connectivity index (χ1) is 9.97. The molecule has 21 heavy (non-hydrogen) atoms. The van der Waals surface area contributed by atoms with Crippen LogP contribution in [-0.4, -0.2) is 4.98 Å². The molecule has 1 aromatic heterocycles. The summed E-state index contributed by atoms with van der Waals surface area (Å²) in [5.41, 5.74) is 9.94. The fourth-order valence-electron chi connectivity index (χ4n) is 2.87. The molecule has 3 rings (SSSR count). The standard InChI is InChI=1S/C20H21N/c1-12-6-7-13(2)18(10-12)19-9-8-17-16(5)15(4)14(3)11-20(17)21-19/h6-11H,1-5H3. The summed E-state index contributed by atoms with van der Waals surface area (Å²) in [6.45, 7) is 10.8. The number of pyridine rings is 1. The predicted octanol–water partition coefficient (Wildman–Crippen LogP) is 5.44. The Balaban J connectivity index is 2.26. The lowest BCUT2D eigenvalue weighted by atomic mass is 9.97. The third kappa shape index (κ3) is 2.33. The first kappa shape index (κ1) is 13.8. The lowest BCUT2D eigenvalue weighted by molar-refractivity contribution is 1.27. The lowest BCUT2D eigenvalue weighted by Crippen LogP contribution is -1.93. The van der Waals surface area contributed by atoms with E-state index in [1.807, 2.05) is 0 Å². The minimum Gasteiger partial charge on any atom is -0.248 e. The number of hydrogen-bond acceptors (Lipinski definition) is 1. The number of fused-ring (bicyclic) bond motifs is 1. The van der Waals surface area contributed by atoms with Crippen LogP contribution in [0.25, 0.3) is 22.2 Å². The molecule has 0 radical (unpaired) electrons. The van der Waals surface area contributed by atoms with E-state index in [-0.39, 0.29) is 0 Å². The molecule has 0 fully saturated rings. The first-order valence-electron chi connectivity index (χ1n) is 7.42. The van der Waals surface area contributed by atoms with Crippen molar-refractivity contribution in [3.8, 4) is 11.3 Å². The van der Waals surface area contributed by atoms with Crippen LogP contribution in [0, 0.1) is 34.6 Å². The molecule has 0 unspecified atom stereocenters. The van der Waals surface area contributed by atoms with Gasteiger partial charge in [0.2, 0.25) is 0 Å². The van der Waals surface area contributed by atoms with Gasteiger partial charge in [-0.1, -0.05) is 23.8 Å². The average Bonchev–Trinajstić information content (AvgIpc) is 2.47. The van der Waals surface area contributed by atoms with Crippen LogP contribution in [0.5, 0.6) is 0 Å². The number of nitrogens with zero attached hydrogens (tertiary/aromatic N) is 1. The van der Waals surface area contributed by atoms with Gasteiger partial charge in [-0.2, -0.15) is 0 Å². The van der Waals surface area contributed by atoms with E-state index in [4.69, 9.17) is 4.98 Å². The van der Waals surface area contributed by atoms with Crippen molar-refractivity contribution in [2.24, 2.45) is 0 Å². The molecule has 0 spiro atoms. The monoisotopic (exact) mass is 275 g/mol. The predicted molar refractivity (Wildman–Crippen MR) is 90.9 cm³/mol. The maximum absolute atomic E-state index is 4.91. The van der Waals surface area contributed by atoms with Crippen molar-refractivity contribution in [3.05, 3.63) is 64.2 Å². The molecule has 0 saturated carbocycles. The molecule has 0 bridgehead atoms. The Morgan fingerprint density at radius 1 is 0.714 bits per heavy atom. The second-order valence-electron chi connectivity index (χ2n) is 6.03. The first-order valence-corrected chi connectivity index (χ1v) is 7.42. The summed E-state index contributed by atoms with van der Waals surface area (Å²) >= 11 is 0. The molecule has 0 aliphatic heterocycles. The Kier molecular flexibility index (Phi) is 3.29. The van der Waals surface area contributed by atoms with Gasteiger partial charge in [-0.15, -0.1) is 0 Å². The van der Waals surface area contributed by atoms with E-state index in [1.165, 1.54) is 38.8 Å². The van der Waals surface area contributed by atoms with E-state index < -0.39 is 0 Å². The van der Waals surface area contributed by atoms with Crippen LogP contribution in [0.15, 0.2) is 36.4 Å². The van der Waals surface area contributed by atoms with Crippen LogP contribution < -0.4 is 0 Å². The maximum Gasteiger partial charge on any atom is 0.0715 e. The summed E-state index contributed by atoms with van der Waals surface area (Å²) in [5, 5.41) is 1.26. The molecule has 3 aromatic rings. The van der Waals surface area contributed by atoms with Crippen molar-refractivity contribution in [1.82, 2.24) is 4.98 Å². The summed E-state index contributed by atoms with van der Waals surface area (Å²) in [5.74, 6) is 0. The van der Waals surface area contributed by atoms with Gasteiger partial charge in [-0.25, -0.2) is 4.98 Å². The van der Waals surface area contributed by atoms with Gasteiger partial charge >= 0.3 is 0 Å². The van der Waals surface area contributed by atoms with E-state index >= 15 is 0 Å². The third-order valence-corrected chi connectivity index (χ3v) is 4.50.